The monoisotopic (exact) mass is 311 g/mol. The first-order chi connectivity index (χ1) is 10.8. The first-order valence-electron chi connectivity index (χ1n) is 8.31. The number of nitrogens with zero attached hydrogens (tertiary/aromatic N) is 1. The molecule has 4 saturated heterocycles. The largest absolute Gasteiger partial charge is 0.444 e. The van der Waals surface area contributed by atoms with Crippen LogP contribution >= 0.6 is 0 Å². The summed E-state index contributed by atoms with van der Waals surface area (Å²) in [5.41, 5.74) is 6.72. The van der Waals surface area contributed by atoms with E-state index in [0.717, 1.165) is 39.0 Å². The zero-order chi connectivity index (χ0) is 14.9. The van der Waals surface area contributed by atoms with E-state index in [1.54, 1.807) is 0 Å². The van der Waals surface area contributed by atoms with Crippen LogP contribution in [0, 0.1) is 5.92 Å². The van der Waals surface area contributed by atoms with Gasteiger partial charge in [-0.2, -0.15) is 0 Å². The van der Waals surface area contributed by atoms with Gasteiger partial charge in [-0.1, -0.05) is 0 Å². The molecule has 4 N–H and O–H groups in total. The molecule has 5 unspecified atom stereocenters. The third-order valence-electron chi connectivity index (χ3n) is 5.16. The number of cyclic esters (lactones) is 1. The van der Waals surface area contributed by atoms with Crippen molar-refractivity contribution in [1.82, 2.24) is 26.4 Å². The van der Waals surface area contributed by atoms with E-state index in [-0.39, 0.29) is 30.2 Å². The van der Waals surface area contributed by atoms with Crippen LogP contribution in [0.5, 0.6) is 0 Å². The average molecular weight is 311 g/mol. The van der Waals surface area contributed by atoms with Crippen molar-refractivity contribution in [3.8, 4) is 0 Å². The van der Waals surface area contributed by atoms with Gasteiger partial charge in [0, 0.05) is 32.4 Å². The number of hydrogen-bond acceptors (Lipinski definition) is 8. The smallest absolute Gasteiger partial charge is 0.314 e. The van der Waals surface area contributed by atoms with Gasteiger partial charge in [0.25, 0.3) is 0 Å². The molecule has 4 rings (SSSR count). The Bertz CT molecular complexity index is 409. The van der Waals surface area contributed by atoms with Crippen LogP contribution in [0.2, 0.25) is 0 Å². The molecule has 0 aromatic rings. The lowest BCUT2D eigenvalue weighted by Gasteiger charge is -2.44. The second-order valence-corrected chi connectivity index (χ2v) is 6.56. The summed E-state index contributed by atoms with van der Waals surface area (Å²) in [7, 11) is 0. The van der Waals surface area contributed by atoms with Crippen LogP contribution in [0.3, 0.4) is 0 Å². The lowest BCUT2D eigenvalue weighted by atomic mass is 9.93. The van der Waals surface area contributed by atoms with Gasteiger partial charge in [-0.15, -0.1) is 0 Å². The lowest BCUT2D eigenvalue weighted by molar-refractivity contribution is -0.176. The van der Waals surface area contributed by atoms with Crippen molar-refractivity contribution < 1.29 is 14.3 Å². The van der Waals surface area contributed by atoms with E-state index in [4.69, 9.17) is 9.47 Å². The fourth-order valence-corrected chi connectivity index (χ4v) is 3.80. The highest BCUT2D eigenvalue weighted by Crippen LogP contribution is 2.24. The minimum Gasteiger partial charge on any atom is -0.444 e. The van der Waals surface area contributed by atoms with Gasteiger partial charge < -0.3 is 14.8 Å². The quantitative estimate of drug-likeness (QED) is 0.450. The summed E-state index contributed by atoms with van der Waals surface area (Å²) in [5.74, 6) is -0.272. The molecule has 0 aromatic carbocycles. The van der Waals surface area contributed by atoms with E-state index in [2.05, 4.69) is 26.4 Å². The number of hydrogen-bond donors (Lipinski definition) is 4. The molecule has 4 aliphatic rings. The Balaban J connectivity index is 1.32. The SMILES string of the molecule is O=C1OC(C2CCC(N3CCNC3)NN2)NC2CCOCC12. The van der Waals surface area contributed by atoms with Crippen molar-refractivity contribution in [3.05, 3.63) is 0 Å². The van der Waals surface area contributed by atoms with Gasteiger partial charge in [0.2, 0.25) is 0 Å². The third kappa shape index (κ3) is 2.86. The third-order valence-corrected chi connectivity index (χ3v) is 5.16. The maximum absolute atomic E-state index is 12.1. The van der Waals surface area contributed by atoms with Crippen LogP contribution in [-0.2, 0) is 14.3 Å². The van der Waals surface area contributed by atoms with Gasteiger partial charge in [0.15, 0.2) is 6.23 Å². The van der Waals surface area contributed by atoms with E-state index in [1.807, 2.05) is 0 Å². The fraction of sp³-hybridized carbons (Fsp3) is 0.929. The van der Waals surface area contributed by atoms with Crippen LogP contribution in [0.25, 0.3) is 0 Å². The van der Waals surface area contributed by atoms with Crippen molar-refractivity contribution in [1.29, 1.82) is 0 Å². The molecule has 0 radical (unpaired) electrons. The number of esters is 1. The number of ether oxygens (including phenoxy) is 2. The Morgan fingerprint density at radius 3 is 2.86 bits per heavy atom. The molecular formula is C14H25N5O3. The second kappa shape index (κ2) is 6.38. The van der Waals surface area contributed by atoms with Crippen LogP contribution in [0.4, 0.5) is 0 Å². The van der Waals surface area contributed by atoms with E-state index in [9.17, 15) is 4.79 Å². The molecule has 0 spiro atoms. The summed E-state index contributed by atoms with van der Waals surface area (Å²) >= 11 is 0. The summed E-state index contributed by atoms with van der Waals surface area (Å²) in [4.78, 5) is 14.5. The Hall–Kier alpha value is -0.770. The van der Waals surface area contributed by atoms with Gasteiger partial charge in [0.1, 0.15) is 0 Å². The number of fused-ring (bicyclic) bond motifs is 1. The average Bonchev–Trinajstić information content (AvgIpc) is 3.09. The molecule has 124 valence electrons. The van der Waals surface area contributed by atoms with Crippen molar-refractivity contribution in [2.24, 2.45) is 5.92 Å². The maximum atomic E-state index is 12.1. The molecule has 4 heterocycles. The first kappa shape index (κ1) is 14.8. The summed E-state index contributed by atoms with van der Waals surface area (Å²) in [6.45, 7) is 4.25. The summed E-state index contributed by atoms with van der Waals surface area (Å²) in [6, 6.07) is 0.293. The van der Waals surface area contributed by atoms with Crippen molar-refractivity contribution in [2.75, 3.05) is 33.0 Å². The predicted molar refractivity (Wildman–Crippen MR) is 78.4 cm³/mol. The predicted octanol–water partition coefficient (Wildman–Crippen LogP) is -1.69. The zero-order valence-corrected chi connectivity index (χ0v) is 12.7. The molecule has 22 heavy (non-hydrogen) atoms. The molecule has 0 bridgehead atoms. The number of hydrazine groups is 1. The molecule has 0 amide bonds. The van der Waals surface area contributed by atoms with Crippen molar-refractivity contribution in [2.45, 2.75) is 43.7 Å². The molecule has 0 saturated carbocycles. The highest BCUT2D eigenvalue weighted by molar-refractivity contribution is 5.74. The lowest BCUT2D eigenvalue weighted by Crippen LogP contribution is -2.67. The zero-order valence-electron chi connectivity index (χ0n) is 12.7. The van der Waals surface area contributed by atoms with E-state index in [1.165, 1.54) is 0 Å². The Kier molecular flexibility index (Phi) is 4.29. The summed E-state index contributed by atoms with van der Waals surface area (Å²) in [5, 5.41) is 6.83. The molecule has 0 aliphatic carbocycles. The number of nitrogens with one attached hydrogen (secondary N) is 4. The van der Waals surface area contributed by atoms with Crippen molar-refractivity contribution >= 4 is 5.97 Å². The number of carbonyl (C=O) groups is 1. The van der Waals surface area contributed by atoms with E-state index < -0.39 is 0 Å². The molecule has 8 nitrogen and oxygen atoms in total. The summed E-state index contributed by atoms with van der Waals surface area (Å²) in [6.07, 6.45) is 3.00. The summed E-state index contributed by atoms with van der Waals surface area (Å²) < 4.78 is 11.0. The Labute approximate surface area is 130 Å². The van der Waals surface area contributed by atoms with Gasteiger partial charge in [-0.3, -0.25) is 15.0 Å². The first-order valence-corrected chi connectivity index (χ1v) is 8.31. The molecular weight excluding hydrogens is 286 g/mol. The molecule has 5 atom stereocenters. The molecule has 4 fully saturated rings. The van der Waals surface area contributed by atoms with Crippen LogP contribution < -0.4 is 21.5 Å². The molecule has 0 aromatic heterocycles. The van der Waals surface area contributed by atoms with Gasteiger partial charge in [-0.25, -0.2) is 10.9 Å². The van der Waals surface area contributed by atoms with Crippen LogP contribution in [-0.4, -0.2) is 68.3 Å². The highest BCUT2D eigenvalue weighted by atomic mass is 16.6. The maximum Gasteiger partial charge on any atom is 0.314 e. The van der Waals surface area contributed by atoms with Crippen molar-refractivity contribution in [3.63, 3.8) is 0 Å². The minimum absolute atomic E-state index is 0.111. The van der Waals surface area contributed by atoms with Gasteiger partial charge in [-0.05, 0) is 19.3 Å². The van der Waals surface area contributed by atoms with Gasteiger partial charge in [0.05, 0.1) is 24.7 Å². The highest BCUT2D eigenvalue weighted by Gasteiger charge is 2.43. The second-order valence-electron chi connectivity index (χ2n) is 6.56. The Morgan fingerprint density at radius 1 is 1.14 bits per heavy atom. The van der Waals surface area contributed by atoms with E-state index in [0.29, 0.717) is 19.4 Å². The fourth-order valence-electron chi connectivity index (χ4n) is 3.80. The molecule has 4 aliphatic heterocycles. The molecule has 8 heteroatoms. The standard InChI is InChI=1S/C14H25N5O3/c20-14-9-7-21-6-3-10(9)16-13(22-14)11-1-2-12(18-17-11)19-5-4-15-8-19/h9-13,15-18H,1-8H2. The van der Waals surface area contributed by atoms with Crippen LogP contribution in [0.1, 0.15) is 19.3 Å². The van der Waals surface area contributed by atoms with Crippen LogP contribution in [0.15, 0.2) is 0 Å². The Morgan fingerprint density at radius 2 is 2.09 bits per heavy atom. The number of rotatable bonds is 2. The topological polar surface area (TPSA) is 86.9 Å². The number of carbonyl (C=O) groups excluding carboxylic acids is 1. The minimum atomic E-state index is -0.253. The van der Waals surface area contributed by atoms with E-state index >= 15 is 0 Å². The normalized spacial score (nSPS) is 43.6. The van der Waals surface area contributed by atoms with Gasteiger partial charge >= 0.3 is 5.97 Å².